The van der Waals surface area contributed by atoms with E-state index in [2.05, 4.69) is 17.2 Å². The van der Waals surface area contributed by atoms with Crippen LogP contribution in [0.5, 0.6) is 5.75 Å². The van der Waals surface area contributed by atoms with Gasteiger partial charge in [0.1, 0.15) is 5.75 Å². The fourth-order valence-corrected chi connectivity index (χ4v) is 2.02. The standard InChI is InChI=1S/C14H19N3O/c1-11(15)8-12-4-5-14(18-2)13(9-12)10-17-7-3-6-16-17/h3-7,9,11H,8,10,15H2,1-2H3. The molecule has 0 amide bonds. The topological polar surface area (TPSA) is 53.1 Å². The highest BCUT2D eigenvalue weighted by Gasteiger charge is 2.07. The number of hydrogen-bond acceptors (Lipinski definition) is 3. The number of rotatable bonds is 5. The smallest absolute Gasteiger partial charge is 0.123 e. The molecule has 4 nitrogen and oxygen atoms in total. The van der Waals surface area contributed by atoms with Crippen molar-refractivity contribution in [2.45, 2.75) is 25.9 Å². The second-order valence-corrected chi connectivity index (χ2v) is 4.53. The summed E-state index contributed by atoms with van der Waals surface area (Å²) in [5, 5.41) is 4.21. The third-order valence-corrected chi connectivity index (χ3v) is 2.79. The predicted octanol–water partition coefficient (Wildman–Crippen LogP) is 1.83. The van der Waals surface area contributed by atoms with Crippen LogP contribution in [0.4, 0.5) is 0 Å². The first-order valence-electron chi connectivity index (χ1n) is 6.08. The Morgan fingerprint density at radius 1 is 1.44 bits per heavy atom. The van der Waals surface area contributed by atoms with Gasteiger partial charge in [-0.2, -0.15) is 5.10 Å². The molecule has 2 rings (SSSR count). The van der Waals surface area contributed by atoms with Gasteiger partial charge in [-0.05, 0) is 31.0 Å². The molecule has 0 bridgehead atoms. The van der Waals surface area contributed by atoms with Crippen molar-refractivity contribution in [3.63, 3.8) is 0 Å². The molecule has 1 heterocycles. The molecule has 1 atom stereocenters. The lowest BCUT2D eigenvalue weighted by molar-refractivity contribution is 0.407. The Kier molecular flexibility index (Phi) is 3.99. The first kappa shape index (κ1) is 12.6. The number of nitrogens with two attached hydrogens (primary N) is 1. The lowest BCUT2D eigenvalue weighted by Gasteiger charge is -2.12. The average Bonchev–Trinajstić information content (AvgIpc) is 2.81. The van der Waals surface area contributed by atoms with Crippen molar-refractivity contribution < 1.29 is 4.74 Å². The number of hydrogen-bond donors (Lipinski definition) is 1. The van der Waals surface area contributed by atoms with E-state index < -0.39 is 0 Å². The van der Waals surface area contributed by atoms with Crippen LogP contribution in [0.15, 0.2) is 36.7 Å². The van der Waals surface area contributed by atoms with Gasteiger partial charge >= 0.3 is 0 Å². The minimum atomic E-state index is 0.163. The fraction of sp³-hybridized carbons (Fsp3) is 0.357. The van der Waals surface area contributed by atoms with Gasteiger partial charge in [-0.25, -0.2) is 0 Å². The van der Waals surface area contributed by atoms with Gasteiger partial charge in [0.2, 0.25) is 0 Å². The molecule has 96 valence electrons. The number of nitrogens with zero attached hydrogens (tertiary/aromatic N) is 2. The lowest BCUT2D eigenvalue weighted by atomic mass is 10.0. The zero-order chi connectivity index (χ0) is 13.0. The summed E-state index contributed by atoms with van der Waals surface area (Å²) >= 11 is 0. The van der Waals surface area contributed by atoms with Crippen LogP contribution in [0.1, 0.15) is 18.1 Å². The SMILES string of the molecule is COc1ccc(CC(C)N)cc1Cn1cccn1. The molecule has 0 saturated carbocycles. The zero-order valence-corrected chi connectivity index (χ0v) is 10.8. The van der Waals surface area contributed by atoms with E-state index in [1.807, 2.05) is 29.9 Å². The minimum Gasteiger partial charge on any atom is -0.496 e. The maximum absolute atomic E-state index is 5.83. The van der Waals surface area contributed by atoms with E-state index in [0.29, 0.717) is 6.54 Å². The number of methoxy groups -OCH3 is 1. The van der Waals surface area contributed by atoms with Crippen molar-refractivity contribution >= 4 is 0 Å². The fourth-order valence-electron chi connectivity index (χ4n) is 2.02. The van der Waals surface area contributed by atoms with Crippen LogP contribution in [0.3, 0.4) is 0 Å². The third-order valence-electron chi connectivity index (χ3n) is 2.79. The van der Waals surface area contributed by atoms with Gasteiger partial charge in [0.15, 0.2) is 0 Å². The summed E-state index contributed by atoms with van der Waals surface area (Å²) in [6.07, 6.45) is 4.59. The molecule has 1 aromatic heterocycles. The van der Waals surface area contributed by atoms with Gasteiger partial charge in [-0.3, -0.25) is 4.68 Å². The Hall–Kier alpha value is -1.81. The predicted molar refractivity (Wildman–Crippen MR) is 71.7 cm³/mol. The first-order valence-corrected chi connectivity index (χ1v) is 6.08. The number of ether oxygens (including phenoxy) is 1. The van der Waals surface area contributed by atoms with Crippen LogP contribution in [-0.4, -0.2) is 22.9 Å². The van der Waals surface area contributed by atoms with E-state index in [-0.39, 0.29) is 6.04 Å². The Bertz CT molecular complexity index is 492. The quantitative estimate of drug-likeness (QED) is 0.874. The van der Waals surface area contributed by atoms with E-state index >= 15 is 0 Å². The lowest BCUT2D eigenvalue weighted by Crippen LogP contribution is -2.18. The van der Waals surface area contributed by atoms with Gasteiger partial charge in [-0.1, -0.05) is 12.1 Å². The van der Waals surface area contributed by atoms with Crippen LogP contribution in [-0.2, 0) is 13.0 Å². The maximum atomic E-state index is 5.83. The summed E-state index contributed by atoms with van der Waals surface area (Å²) < 4.78 is 7.26. The number of benzene rings is 1. The van der Waals surface area contributed by atoms with Crippen LogP contribution >= 0.6 is 0 Å². The van der Waals surface area contributed by atoms with Gasteiger partial charge in [0, 0.05) is 24.0 Å². The molecule has 2 aromatic rings. The van der Waals surface area contributed by atoms with Gasteiger partial charge in [-0.15, -0.1) is 0 Å². The monoisotopic (exact) mass is 245 g/mol. The van der Waals surface area contributed by atoms with Crippen molar-refractivity contribution in [3.8, 4) is 5.75 Å². The summed E-state index contributed by atoms with van der Waals surface area (Å²) in [5.41, 5.74) is 8.19. The second kappa shape index (κ2) is 5.69. The van der Waals surface area contributed by atoms with E-state index in [1.165, 1.54) is 5.56 Å². The highest BCUT2D eigenvalue weighted by atomic mass is 16.5. The van der Waals surface area contributed by atoms with Crippen LogP contribution < -0.4 is 10.5 Å². The Balaban J connectivity index is 2.24. The molecule has 0 aliphatic carbocycles. The molecule has 1 unspecified atom stereocenters. The molecule has 2 N–H and O–H groups in total. The number of aromatic nitrogens is 2. The summed E-state index contributed by atoms with van der Waals surface area (Å²) in [6, 6.07) is 8.28. The van der Waals surface area contributed by atoms with Crippen molar-refractivity contribution in [2.24, 2.45) is 5.73 Å². The van der Waals surface area contributed by atoms with Crippen molar-refractivity contribution in [3.05, 3.63) is 47.8 Å². The minimum absolute atomic E-state index is 0.163. The third kappa shape index (κ3) is 3.11. The molecule has 0 saturated heterocycles. The van der Waals surface area contributed by atoms with E-state index in [9.17, 15) is 0 Å². The molecule has 18 heavy (non-hydrogen) atoms. The largest absolute Gasteiger partial charge is 0.496 e. The van der Waals surface area contributed by atoms with Crippen LogP contribution in [0.25, 0.3) is 0 Å². The van der Waals surface area contributed by atoms with Crippen molar-refractivity contribution in [1.29, 1.82) is 0 Å². The molecule has 0 spiro atoms. The maximum Gasteiger partial charge on any atom is 0.123 e. The highest BCUT2D eigenvalue weighted by molar-refractivity contribution is 5.37. The van der Waals surface area contributed by atoms with Crippen LogP contribution in [0.2, 0.25) is 0 Å². The van der Waals surface area contributed by atoms with E-state index in [0.717, 1.165) is 17.7 Å². The Morgan fingerprint density at radius 2 is 2.28 bits per heavy atom. The van der Waals surface area contributed by atoms with Gasteiger partial charge < -0.3 is 10.5 Å². The van der Waals surface area contributed by atoms with Gasteiger partial charge in [0.25, 0.3) is 0 Å². The zero-order valence-electron chi connectivity index (χ0n) is 10.8. The average molecular weight is 245 g/mol. The van der Waals surface area contributed by atoms with Crippen molar-refractivity contribution in [2.75, 3.05) is 7.11 Å². The van der Waals surface area contributed by atoms with Crippen LogP contribution in [0, 0.1) is 0 Å². The summed E-state index contributed by atoms with van der Waals surface area (Å²) in [7, 11) is 1.69. The Morgan fingerprint density at radius 3 is 2.89 bits per heavy atom. The van der Waals surface area contributed by atoms with E-state index in [4.69, 9.17) is 10.5 Å². The highest BCUT2D eigenvalue weighted by Crippen LogP contribution is 2.21. The van der Waals surface area contributed by atoms with Crippen molar-refractivity contribution in [1.82, 2.24) is 9.78 Å². The molecule has 0 fully saturated rings. The summed E-state index contributed by atoms with van der Waals surface area (Å²) in [5.74, 6) is 0.888. The molecule has 0 aliphatic heterocycles. The van der Waals surface area contributed by atoms with Gasteiger partial charge in [0.05, 0.1) is 13.7 Å². The summed E-state index contributed by atoms with van der Waals surface area (Å²) in [6.45, 7) is 2.72. The molecular formula is C14H19N3O. The molecule has 0 radical (unpaired) electrons. The Labute approximate surface area is 107 Å². The molecule has 0 aliphatic rings. The molecular weight excluding hydrogens is 226 g/mol. The molecule has 1 aromatic carbocycles. The molecule has 4 heteroatoms. The first-order chi connectivity index (χ1) is 8.69. The normalized spacial score (nSPS) is 12.4. The second-order valence-electron chi connectivity index (χ2n) is 4.53. The van der Waals surface area contributed by atoms with E-state index in [1.54, 1.807) is 13.3 Å². The summed E-state index contributed by atoms with van der Waals surface area (Å²) in [4.78, 5) is 0.